The van der Waals surface area contributed by atoms with Crippen molar-refractivity contribution in [2.45, 2.75) is 113 Å². The first-order valence-electron chi connectivity index (χ1n) is 11.4. The third kappa shape index (κ3) is 5.36. The molecule has 1 heteroatoms. The first-order valence-corrected chi connectivity index (χ1v) is 11.4. The standard InChI is InChI=1S/C22H31.C6H11.W/c1-10-22(9,11-2)21-17(7)16(6)19-14(4)12-13(3)15(5)20(19)18(21)8;1-2-4-6-5-3-1;/h10-11H2,1-9H3;1H,2-6H2;/q2*-1;+2. The third-order valence-corrected chi connectivity index (χ3v) is 7.48. The van der Waals surface area contributed by atoms with E-state index in [2.05, 4.69) is 74.8 Å². The molecule has 1 fully saturated rings. The molecule has 0 nitrogen and oxygen atoms in total. The van der Waals surface area contributed by atoms with Crippen molar-refractivity contribution in [3.8, 4) is 0 Å². The van der Waals surface area contributed by atoms with E-state index in [4.69, 9.17) is 0 Å². The van der Waals surface area contributed by atoms with Crippen LogP contribution in [-0.2, 0) is 26.5 Å². The molecule has 0 heterocycles. The summed E-state index contributed by atoms with van der Waals surface area (Å²) in [6, 6.07) is 3.56. The van der Waals surface area contributed by atoms with Crippen molar-refractivity contribution in [2.24, 2.45) is 0 Å². The van der Waals surface area contributed by atoms with Crippen molar-refractivity contribution in [2.75, 3.05) is 0 Å². The molecule has 0 unspecified atom stereocenters. The van der Waals surface area contributed by atoms with E-state index in [-0.39, 0.29) is 26.5 Å². The second-order valence-electron chi connectivity index (χ2n) is 9.19. The summed E-state index contributed by atoms with van der Waals surface area (Å²) in [5, 5.41) is 2.90. The number of aryl methyl sites for hydroxylation is 5. The first-order chi connectivity index (χ1) is 13.2. The Bertz CT molecular complexity index is 809. The molecule has 1 aliphatic rings. The van der Waals surface area contributed by atoms with Crippen molar-refractivity contribution in [1.29, 1.82) is 0 Å². The quantitative estimate of drug-likeness (QED) is 0.328. The molecule has 1 saturated carbocycles. The Morgan fingerprint density at radius 3 is 1.69 bits per heavy atom. The van der Waals surface area contributed by atoms with E-state index >= 15 is 0 Å². The Morgan fingerprint density at radius 1 is 0.724 bits per heavy atom. The molecule has 3 rings (SSSR count). The molecular weight excluding hydrogens is 520 g/mol. The van der Waals surface area contributed by atoms with Gasteiger partial charge in [-0.25, -0.2) is 0 Å². The van der Waals surface area contributed by atoms with Crippen LogP contribution in [0.4, 0.5) is 0 Å². The topological polar surface area (TPSA) is 0 Å². The fourth-order valence-corrected chi connectivity index (χ4v) is 5.13. The number of hydrogen-bond acceptors (Lipinski definition) is 0. The van der Waals surface area contributed by atoms with Crippen molar-refractivity contribution in [1.82, 2.24) is 0 Å². The van der Waals surface area contributed by atoms with Gasteiger partial charge in [0.1, 0.15) is 0 Å². The second kappa shape index (κ2) is 11.1. The predicted molar refractivity (Wildman–Crippen MR) is 127 cm³/mol. The molecule has 2 aromatic carbocycles. The van der Waals surface area contributed by atoms with Gasteiger partial charge < -0.3 is 6.42 Å². The maximum absolute atomic E-state index is 3.56. The molecule has 1 aliphatic carbocycles. The molecule has 0 aliphatic heterocycles. The van der Waals surface area contributed by atoms with E-state index in [1.807, 2.05) is 0 Å². The minimum absolute atomic E-state index is 0. The Hall–Kier alpha value is -0.612. The summed E-state index contributed by atoms with van der Waals surface area (Å²) in [5.41, 5.74) is 10.2. The molecule has 0 saturated heterocycles. The van der Waals surface area contributed by atoms with Crippen molar-refractivity contribution in [3.63, 3.8) is 0 Å². The van der Waals surface area contributed by atoms with Gasteiger partial charge in [-0.3, -0.25) is 0 Å². The number of rotatable bonds is 3. The van der Waals surface area contributed by atoms with Crippen LogP contribution < -0.4 is 0 Å². The van der Waals surface area contributed by atoms with Gasteiger partial charge in [0.2, 0.25) is 0 Å². The fraction of sp³-hybridized carbons (Fsp3) is 0.607. The second-order valence-corrected chi connectivity index (χ2v) is 9.19. The normalized spacial score (nSPS) is 14.2. The van der Waals surface area contributed by atoms with Gasteiger partial charge in [-0.15, -0.1) is 16.3 Å². The minimum Gasteiger partial charge on any atom is -0.328 e. The molecule has 29 heavy (non-hydrogen) atoms. The van der Waals surface area contributed by atoms with E-state index in [1.54, 1.807) is 5.56 Å². The molecule has 0 N–H and O–H groups in total. The third-order valence-electron chi connectivity index (χ3n) is 7.48. The number of hydrogen-bond donors (Lipinski definition) is 0. The van der Waals surface area contributed by atoms with Gasteiger partial charge in [-0.05, 0) is 37.7 Å². The van der Waals surface area contributed by atoms with Crippen LogP contribution in [-0.4, -0.2) is 0 Å². The SMILES string of the molecule is CCC(C)(CC)c1c(C)c(C)c2c(C)[c-]c(C)c(C)c2c1C.[CH-]1CCCCC1.[W+2]. The van der Waals surface area contributed by atoms with Crippen molar-refractivity contribution >= 4 is 10.8 Å². The van der Waals surface area contributed by atoms with E-state index in [0.717, 1.165) is 0 Å². The predicted octanol–water partition coefficient (Wildman–Crippen LogP) is 8.72. The first kappa shape index (κ1) is 26.4. The summed E-state index contributed by atoms with van der Waals surface area (Å²) in [6.45, 7) is 20.7. The van der Waals surface area contributed by atoms with Crippen LogP contribution >= 0.6 is 0 Å². The average molecular weight is 562 g/mol. The van der Waals surface area contributed by atoms with E-state index < -0.39 is 0 Å². The van der Waals surface area contributed by atoms with E-state index in [0.29, 0.717) is 0 Å². The van der Waals surface area contributed by atoms with Crippen molar-refractivity contribution < 1.29 is 21.1 Å². The summed E-state index contributed by atoms with van der Waals surface area (Å²) in [7, 11) is 0. The zero-order valence-electron chi connectivity index (χ0n) is 20.4. The van der Waals surface area contributed by atoms with Gasteiger partial charge >= 0.3 is 21.1 Å². The monoisotopic (exact) mass is 562 g/mol. The van der Waals surface area contributed by atoms with Gasteiger partial charge in [0, 0.05) is 0 Å². The summed E-state index contributed by atoms with van der Waals surface area (Å²) < 4.78 is 0. The van der Waals surface area contributed by atoms with Crippen LogP contribution in [0.3, 0.4) is 0 Å². The zero-order chi connectivity index (χ0) is 21.1. The maximum atomic E-state index is 3.56. The Kier molecular flexibility index (Phi) is 10.1. The zero-order valence-corrected chi connectivity index (χ0v) is 23.4. The summed E-state index contributed by atoms with van der Waals surface area (Å²) >= 11 is 0. The van der Waals surface area contributed by atoms with Crippen LogP contribution in [0.1, 0.15) is 105 Å². The summed E-state index contributed by atoms with van der Waals surface area (Å²) in [4.78, 5) is 0. The Morgan fingerprint density at radius 2 is 1.28 bits per heavy atom. The maximum Gasteiger partial charge on any atom is 2.00 e. The molecule has 0 amide bonds. The van der Waals surface area contributed by atoms with Crippen LogP contribution in [0.2, 0.25) is 0 Å². The van der Waals surface area contributed by atoms with Crippen LogP contribution in [0, 0.1) is 54.0 Å². The molecular formula is C28H42W. The fourth-order valence-electron chi connectivity index (χ4n) is 5.13. The average Bonchev–Trinajstić information content (AvgIpc) is 2.70. The van der Waals surface area contributed by atoms with E-state index in [1.165, 1.54) is 89.1 Å². The van der Waals surface area contributed by atoms with Crippen LogP contribution in [0.5, 0.6) is 0 Å². The summed E-state index contributed by atoms with van der Waals surface area (Å²) in [5.74, 6) is 0. The summed E-state index contributed by atoms with van der Waals surface area (Å²) in [6.07, 6.45) is 11.9. The molecule has 0 bridgehead atoms. The van der Waals surface area contributed by atoms with Crippen LogP contribution in [0.15, 0.2) is 0 Å². The Balaban J connectivity index is 0.000000514. The molecule has 0 radical (unpaired) electrons. The number of benzene rings is 2. The minimum atomic E-state index is 0. The smallest absolute Gasteiger partial charge is 0.328 e. The van der Waals surface area contributed by atoms with Crippen LogP contribution in [0.25, 0.3) is 10.8 Å². The van der Waals surface area contributed by atoms with Crippen molar-refractivity contribution in [3.05, 3.63) is 51.4 Å². The molecule has 160 valence electrons. The molecule has 0 spiro atoms. The molecule has 2 aromatic rings. The van der Waals surface area contributed by atoms with Gasteiger partial charge in [-0.1, -0.05) is 84.4 Å². The Labute approximate surface area is 195 Å². The largest absolute Gasteiger partial charge is 2.00 e. The van der Waals surface area contributed by atoms with Gasteiger partial charge in [0.25, 0.3) is 0 Å². The van der Waals surface area contributed by atoms with Gasteiger partial charge in [-0.2, -0.15) is 30.0 Å². The van der Waals surface area contributed by atoms with Gasteiger partial charge in [0.05, 0.1) is 0 Å². The van der Waals surface area contributed by atoms with E-state index in [9.17, 15) is 0 Å². The van der Waals surface area contributed by atoms with Gasteiger partial charge in [0.15, 0.2) is 0 Å². The molecule has 0 atom stereocenters. The number of fused-ring (bicyclic) bond motifs is 1. The molecule has 0 aromatic heterocycles.